The van der Waals surface area contributed by atoms with Gasteiger partial charge in [-0.2, -0.15) is 10.2 Å². The number of fused-ring (bicyclic) bond motifs is 1. The topological polar surface area (TPSA) is 36.1 Å². The number of anilines is 1. The molecule has 0 spiro atoms. The number of rotatable bonds is 3. The maximum Gasteiger partial charge on any atom is 0.181 e. The Hall–Kier alpha value is -3.08. The summed E-state index contributed by atoms with van der Waals surface area (Å²) in [6.45, 7) is 4.18. The molecule has 1 aromatic heterocycles. The van der Waals surface area contributed by atoms with Gasteiger partial charge in [-0.3, -0.25) is 10.0 Å². The normalized spacial score (nSPS) is 17.5. The molecule has 3 aromatic rings. The van der Waals surface area contributed by atoms with Crippen LogP contribution in [0.3, 0.4) is 0 Å². The molecule has 132 valence electrons. The minimum absolute atomic E-state index is 0.152. The first-order valence-corrected chi connectivity index (χ1v) is 8.79. The molecule has 0 fully saturated rings. The van der Waals surface area contributed by atoms with Crippen molar-refractivity contribution in [2.75, 3.05) is 12.1 Å². The molecule has 0 aliphatic carbocycles. The second-order valence-corrected chi connectivity index (χ2v) is 6.65. The lowest BCUT2D eigenvalue weighted by Gasteiger charge is -2.32. The summed E-state index contributed by atoms with van der Waals surface area (Å²) in [5.74, 6) is 0. The number of hydrogen-bond donors (Lipinski definition) is 0. The van der Waals surface area contributed by atoms with E-state index in [9.17, 15) is 0 Å². The molecule has 1 unspecified atom stereocenters. The number of para-hydroxylation sites is 2. The van der Waals surface area contributed by atoms with Crippen molar-refractivity contribution in [2.45, 2.75) is 20.0 Å². The zero-order valence-electron chi connectivity index (χ0n) is 15.6. The van der Waals surface area contributed by atoms with E-state index in [1.165, 1.54) is 5.52 Å². The molecule has 1 aliphatic rings. The largest absolute Gasteiger partial charge is 0.346 e. The van der Waals surface area contributed by atoms with Crippen LogP contribution in [0.25, 0.3) is 10.9 Å². The van der Waals surface area contributed by atoms with Gasteiger partial charge in [0.15, 0.2) is 6.17 Å². The summed E-state index contributed by atoms with van der Waals surface area (Å²) in [6.07, 6.45) is 1.98. The first-order chi connectivity index (χ1) is 12.6. The fourth-order valence-corrected chi connectivity index (χ4v) is 3.47. The van der Waals surface area contributed by atoms with E-state index in [0.29, 0.717) is 0 Å². The summed E-state index contributed by atoms with van der Waals surface area (Å²) < 4.78 is 2.17. The summed E-state index contributed by atoms with van der Waals surface area (Å²) in [7, 11) is 4.12. The van der Waals surface area contributed by atoms with Crippen LogP contribution >= 0.6 is 0 Å². The first kappa shape index (κ1) is 16.4. The third-order valence-corrected chi connectivity index (χ3v) is 5.14. The zero-order chi connectivity index (χ0) is 18.3. The molecule has 5 nitrogen and oxygen atoms in total. The molecular formula is C21H23N5. The van der Waals surface area contributed by atoms with E-state index in [2.05, 4.69) is 84.0 Å². The van der Waals surface area contributed by atoms with Gasteiger partial charge in [0.25, 0.3) is 0 Å². The first-order valence-electron chi connectivity index (χ1n) is 8.79. The van der Waals surface area contributed by atoms with Crippen molar-refractivity contribution in [3.05, 3.63) is 72.1 Å². The van der Waals surface area contributed by atoms with E-state index >= 15 is 0 Å². The van der Waals surface area contributed by atoms with Gasteiger partial charge in [-0.25, -0.2) is 0 Å². The average Bonchev–Trinajstić information content (AvgIpc) is 3.08. The number of aromatic nitrogens is 1. The molecule has 1 atom stereocenters. The van der Waals surface area contributed by atoms with Crippen LogP contribution in [0.4, 0.5) is 11.4 Å². The molecule has 4 rings (SSSR count). The number of allylic oxidation sites excluding steroid dienone is 1. The van der Waals surface area contributed by atoms with Crippen molar-refractivity contribution in [1.29, 1.82) is 0 Å². The molecule has 0 radical (unpaired) electrons. The van der Waals surface area contributed by atoms with Gasteiger partial charge in [-0.05, 0) is 38.1 Å². The van der Waals surface area contributed by atoms with Crippen LogP contribution in [0.15, 0.2) is 76.6 Å². The van der Waals surface area contributed by atoms with Gasteiger partial charge in [-0.15, -0.1) is 0 Å². The van der Waals surface area contributed by atoms with E-state index in [1.807, 2.05) is 24.3 Å². The van der Waals surface area contributed by atoms with Gasteiger partial charge in [0.05, 0.1) is 11.2 Å². The van der Waals surface area contributed by atoms with Gasteiger partial charge in [-0.1, -0.05) is 36.4 Å². The second-order valence-electron chi connectivity index (χ2n) is 6.65. The smallest absolute Gasteiger partial charge is 0.181 e. The Kier molecular flexibility index (Phi) is 3.99. The van der Waals surface area contributed by atoms with Crippen LogP contribution in [-0.2, 0) is 7.05 Å². The van der Waals surface area contributed by atoms with Crippen molar-refractivity contribution in [1.82, 2.24) is 9.58 Å². The minimum Gasteiger partial charge on any atom is -0.346 e. The number of benzene rings is 2. The fraction of sp³-hybridized carbons (Fsp3) is 0.238. The van der Waals surface area contributed by atoms with E-state index < -0.39 is 0 Å². The van der Waals surface area contributed by atoms with Gasteiger partial charge in [0, 0.05) is 30.9 Å². The molecule has 2 aromatic carbocycles. The molecule has 0 bridgehead atoms. The Morgan fingerprint density at radius 3 is 2.35 bits per heavy atom. The van der Waals surface area contributed by atoms with E-state index in [0.717, 1.165) is 28.2 Å². The van der Waals surface area contributed by atoms with Crippen LogP contribution in [-0.4, -0.2) is 22.8 Å². The van der Waals surface area contributed by atoms with E-state index in [-0.39, 0.29) is 6.17 Å². The number of nitrogens with zero attached hydrogens (tertiary/aromatic N) is 5. The Morgan fingerprint density at radius 2 is 1.58 bits per heavy atom. The van der Waals surface area contributed by atoms with Crippen LogP contribution in [0.5, 0.6) is 0 Å². The number of azo groups is 1. The summed E-state index contributed by atoms with van der Waals surface area (Å²) >= 11 is 0. The monoisotopic (exact) mass is 345 g/mol. The molecule has 26 heavy (non-hydrogen) atoms. The van der Waals surface area contributed by atoms with Crippen LogP contribution < -0.4 is 5.01 Å². The predicted octanol–water partition coefficient (Wildman–Crippen LogP) is 5.17. The second kappa shape index (κ2) is 6.33. The Balaban J connectivity index is 1.73. The predicted molar refractivity (Wildman–Crippen MR) is 106 cm³/mol. The van der Waals surface area contributed by atoms with Crippen molar-refractivity contribution in [3.8, 4) is 0 Å². The highest BCUT2D eigenvalue weighted by atomic mass is 15.7. The molecule has 0 amide bonds. The molecular weight excluding hydrogens is 322 g/mol. The maximum absolute atomic E-state index is 4.70. The lowest BCUT2D eigenvalue weighted by molar-refractivity contribution is 0.390. The number of hydrogen-bond acceptors (Lipinski definition) is 4. The Bertz CT molecular complexity index is 1000. The average molecular weight is 345 g/mol. The molecule has 2 heterocycles. The summed E-state index contributed by atoms with van der Waals surface area (Å²) in [5, 5.41) is 14.8. The van der Waals surface area contributed by atoms with Crippen LogP contribution in [0.2, 0.25) is 0 Å². The fourth-order valence-electron chi connectivity index (χ4n) is 3.47. The summed E-state index contributed by atoms with van der Waals surface area (Å²) in [4.78, 5) is 0. The van der Waals surface area contributed by atoms with Crippen molar-refractivity contribution in [3.63, 3.8) is 0 Å². The quantitative estimate of drug-likeness (QED) is 0.614. The Morgan fingerprint density at radius 1 is 0.885 bits per heavy atom. The lowest BCUT2D eigenvalue weighted by Crippen LogP contribution is -2.38. The number of aryl methyl sites for hydroxylation is 1. The third-order valence-electron chi connectivity index (χ3n) is 5.14. The molecule has 0 N–H and O–H groups in total. The highest BCUT2D eigenvalue weighted by Crippen LogP contribution is 2.34. The standard InChI is InChI=1S/C21H23N5/c1-15-14-20(26(25(15)4)17-10-6-5-7-11-17)22-23-21-16(2)24(3)19-13-9-8-12-18(19)21/h5-14,20H,1-4H3. The van der Waals surface area contributed by atoms with Crippen molar-refractivity contribution >= 4 is 22.3 Å². The van der Waals surface area contributed by atoms with Gasteiger partial charge >= 0.3 is 0 Å². The summed E-state index contributed by atoms with van der Waals surface area (Å²) in [5.41, 5.74) is 5.49. The highest BCUT2D eigenvalue weighted by Gasteiger charge is 2.28. The van der Waals surface area contributed by atoms with Gasteiger partial charge < -0.3 is 4.57 Å². The lowest BCUT2D eigenvalue weighted by atomic mass is 10.2. The van der Waals surface area contributed by atoms with E-state index in [1.54, 1.807) is 0 Å². The van der Waals surface area contributed by atoms with Gasteiger partial charge in [0.1, 0.15) is 5.69 Å². The van der Waals surface area contributed by atoms with Crippen LogP contribution in [0, 0.1) is 6.92 Å². The molecule has 1 aliphatic heterocycles. The molecule has 5 heteroatoms. The summed E-state index contributed by atoms with van der Waals surface area (Å²) in [6, 6.07) is 18.6. The number of hydrazine groups is 1. The van der Waals surface area contributed by atoms with Crippen molar-refractivity contribution in [2.24, 2.45) is 17.3 Å². The minimum atomic E-state index is -0.152. The maximum atomic E-state index is 4.70. The van der Waals surface area contributed by atoms with Gasteiger partial charge in [0.2, 0.25) is 0 Å². The molecule has 0 saturated carbocycles. The zero-order valence-corrected chi connectivity index (χ0v) is 15.6. The molecule has 0 saturated heterocycles. The third kappa shape index (κ3) is 2.56. The van der Waals surface area contributed by atoms with E-state index in [4.69, 9.17) is 5.11 Å². The van der Waals surface area contributed by atoms with Crippen molar-refractivity contribution < 1.29 is 0 Å². The Labute approximate surface area is 153 Å². The van der Waals surface area contributed by atoms with Crippen LogP contribution in [0.1, 0.15) is 12.6 Å². The SMILES string of the molecule is CC1=CC(N=Nc2c(C)n(C)c3ccccc23)N(c2ccccc2)N1C. The highest BCUT2D eigenvalue weighted by molar-refractivity contribution is 5.93.